The highest BCUT2D eigenvalue weighted by atomic mass is 32.2. The first-order valence-corrected chi connectivity index (χ1v) is 11.9. The zero-order chi connectivity index (χ0) is 19.9. The standard InChI is InChI=1S/C20H23N3O3S2/c1-13(14-4-5-16-11-18(26-3)7-6-15(16)10-14)27-20-22-21-19(23(20)2)17-8-9-28(24,25)12-17/h4-7,10-11,13,17H,8-9,12H2,1-3H3/t13-,17-/m1/s1. The molecule has 0 N–H and O–H groups in total. The molecule has 1 saturated heterocycles. The molecule has 0 radical (unpaired) electrons. The largest absolute Gasteiger partial charge is 0.497 e. The van der Waals surface area contributed by atoms with Crippen molar-refractivity contribution in [1.29, 1.82) is 0 Å². The van der Waals surface area contributed by atoms with Crippen LogP contribution in [0.25, 0.3) is 10.8 Å². The van der Waals surface area contributed by atoms with Gasteiger partial charge in [-0.05, 0) is 41.8 Å². The van der Waals surface area contributed by atoms with Gasteiger partial charge < -0.3 is 9.30 Å². The van der Waals surface area contributed by atoms with Crippen LogP contribution in [-0.2, 0) is 16.9 Å². The molecule has 4 rings (SSSR count). The minimum absolute atomic E-state index is 0.0530. The summed E-state index contributed by atoms with van der Waals surface area (Å²) < 4.78 is 30.8. The molecule has 2 aromatic carbocycles. The molecule has 3 aromatic rings. The summed E-state index contributed by atoms with van der Waals surface area (Å²) in [6, 6.07) is 12.5. The Morgan fingerprint density at radius 1 is 1.18 bits per heavy atom. The number of aromatic nitrogens is 3. The van der Waals surface area contributed by atoms with Crippen molar-refractivity contribution in [3.63, 3.8) is 0 Å². The van der Waals surface area contributed by atoms with Gasteiger partial charge in [0.25, 0.3) is 0 Å². The van der Waals surface area contributed by atoms with Crippen LogP contribution in [0.5, 0.6) is 5.75 Å². The fourth-order valence-corrected chi connectivity index (χ4v) is 6.31. The Hall–Kier alpha value is -2.06. The first-order chi connectivity index (χ1) is 13.4. The predicted octanol–water partition coefficient (Wildman–Crippen LogP) is 3.73. The quantitative estimate of drug-likeness (QED) is 0.589. The Labute approximate surface area is 169 Å². The fourth-order valence-electron chi connectivity index (χ4n) is 3.63. The van der Waals surface area contributed by atoms with Crippen LogP contribution in [0.15, 0.2) is 41.6 Å². The number of benzene rings is 2. The van der Waals surface area contributed by atoms with E-state index in [-0.39, 0.29) is 22.7 Å². The predicted molar refractivity (Wildman–Crippen MR) is 112 cm³/mol. The van der Waals surface area contributed by atoms with Crippen molar-refractivity contribution in [1.82, 2.24) is 14.8 Å². The van der Waals surface area contributed by atoms with Gasteiger partial charge in [-0.25, -0.2) is 8.42 Å². The number of methoxy groups -OCH3 is 1. The molecule has 0 aliphatic carbocycles. The molecule has 148 valence electrons. The minimum atomic E-state index is -2.94. The maximum Gasteiger partial charge on any atom is 0.191 e. The molecule has 1 aromatic heterocycles. The second-order valence-electron chi connectivity index (χ2n) is 7.23. The second-order valence-corrected chi connectivity index (χ2v) is 10.8. The first kappa shape index (κ1) is 19.3. The Bertz CT molecular complexity index is 1120. The zero-order valence-corrected chi connectivity index (χ0v) is 17.8. The van der Waals surface area contributed by atoms with Crippen LogP contribution < -0.4 is 4.74 Å². The first-order valence-electron chi connectivity index (χ1n) is 9.20. The van der Waals surface area contributed by atoms with Crippen molar-refractivity contribution in [3.8, 4) is 5.75 Å². The average molecular weight is 418 g/mol. The van der Waals surface area contributed by atoms with Gasteiger partial charge in [0, 0.05) is 18.2 Å². The topological polar surface area (TPSA) is 74.1 Å². The van der Waals surface area contributed by atoms with Crippen LogP contribution in [0.2, 0.25) is 0 Å². The molecule has 6 nitrogen and oxygen atoms in total. The number of hydrogen-bond donors (Lipinski definition) is 0. The lowest BCUT2D eigenvalue weighted by Gasteiger charge is -2.13. The Balaban J connectivity index is 1.54. The minimum Gasteiger partial charge on any atom is -0.497 e. The summed E-state index contributed by atoms with van der Waals surface area (Å²) >= 11 is 1.63. The lowest BCUT2D eigenvalue weighted by molar-refractivity contribution is 0.415. The van der Waals surface area contributed by atoms with Crippen LogP contribution in [0.1, 0.15) is 35.9 Å². The summed E-state index contributed by atoms with van der Waals surface area (Å²) in [6.45, 7) is 2.14. The van der Waals surface area contributed by atoms with Gasteiger partial charge in [-0.15, -0.1) is 10.2 Å². The van der Waals surface area contributed by atoms with Crippen LogP contribution in [0, 0.1) is 0 Å². The van der Waals surface area contributed by atoms with Crippen molar-refractivity contribution in [2.75, 3.05) is 18.6 Å². The lowest BCUT2D eigenvalue weighted by atomic mass is 10.1. The van der Waals surface area contributed by atoms with E-state index in [1.54, 1.807) is 18.9 Å². The van der Waals surface area contributed by atoms with E-state index in [9.17, 15) is 8.42 Å². The number of fused-ring (bicyclic) bond motifs is 1. The summed E-state index contributed by atoms with van der Waals surface area (Å²) in [7, 11) is 0.650. The van der Waals surface area contributed by atoms with E-state index >= 15 is 0 Å². The van der Waals surface area contributed by atoms with E-state index in [0.29, 0.717) is 6.42 Å². The van der Waals surface area contributed by atoms with E-state index in [1.165, 1.54) is 10.9 Å². The normalized spacial score (nSPS) is 19.8. The summed E-state index contributed by atoms with van der Waals surface area (Å²) in [5.41, 5.74) is 1.20. The molecule has 0 amide bonds. The van der Waals surface area contributed by atoms with Gasteiger partial charge in [0.1, 0.15) is 11.6 Å². The van der Waals surface area contributed by atoms with Crippen molar-refractivity contribution >= 4 is 32.4 Å². The third-order valence-corrected chi connectivity index (χ3v) is 8.25. The van der Waals surface area contributed by atoms with E-state index in [2.05, 4.69) is 41.4 Å². The molecule has 0 spiro atoms. The van der Waals surface area contributed by atoms with Crippen LogP contribution in [0.3, 0.4) is 0 Å². The average Bonchev–Trinajstić information content (AvgIpc) is 3.22. The van der Waals surface area contributed by atoms with Crippen molar-refractivity contribution in [2.24, 2.45) is 7.05 Å². The number of thioether (sulfide) groups is 1. The number of sulfone groups is 1. The molecule has 0 bridgehead atoms. The molecular weight excluding hydrogens is 394 g/mol. The molecule has 0 saturated carbocycles. The SMILES string of the molecule is COc1ccc2cc([C@@H](C)Sc3nnc([C@@H]4CCS(=O)(=O)C4)n3C)ccc2c1. The Morgan fingerprint density at radius 2 is 1.93 bits per heavy atom. The van der Waals surface area contributed by atoms with Gasteiger partial charge in [-0.3, -0.25) is 0 Å². The molecule has 1 aliphatic rings. The third kappa shape index (κ3) is 3.75. The highest BCUT2D eigenvalue weighted by Crippen LogP contribution is 2.37. The van der Waals surface area contributed by atoms with Gasteiger partial charge in [-0.2, -0.15) is 0 Å². The molecule has 1 fully saturated rings. The molecule has 28 heavy (non-hydrogen) atoms. The Morgan fingerprint density at radius 3 is 2.64 bits per heavy atom. The Kier molecular flexibility index (Phi) is 5.09. The number of nitrogens with zero attached hydrogens (tertiary/aromatic N) is 3. The number of rotatable bonds is 5. The van der Waals surface area contributed by atoms with Crippen molar-refractivity contribution in [3.05, 3.63) is 47.8 Å². The highest BCUT2D eigenvalue weighted by molar-refractivity contribution is 7.99. The fraction of sp³-hybridized carbons (Fsp3) is 0.400. The molecular formula is C20H23N3O3S2. The van der Waals surface area contributed by atoms with Gasteiger partial charge in [0.05, 0.1) is 18.6 Å². The highest BCUT2D eigenvalue weighted by Gasteiger charge is 2.32. The van der Waals surface area contributed by atoms with Crippen molar-refractivity contribution in [2.45, 2.75) is 29.7 Å². The summed E-state index contributed by atoms with van der Waals surface area (Å²) in [4.78, 5) is 0. The maximum absolute atomic E-state index is 11.8. The van der Waals surface area contributed by atoms with E-state index in [0.717, 1.165) is 22.1 Å². The van der Waals surface area contributed by atoms with Gasteiger partial charge in [-0.1, -0.05) is 36.0 Å². The molecule has 2 atom stereocenters. The van der Waals surface area contributed by atoms with Gasteiger partial charge in [0.2, 0.25) is 0 Å². The van der Waals surface area contributed by atoms with E-state index < -0.39 is 9.84 Å². The molecule has 0 unspecified atom stereocenters. The van der Waals surface area contributed by atoms with Gasteiger partial charge >= 0.3 is 0 Å². The third-order valence-electron chi connectivity index (χ3n) is 5.29. The molecule has 1 aliphatic heterocycles. The van der Waals surface area contributed by atoms with Crippen LogP contribution in [0.4, 0.5) is 0 Å². The van der Waals surface area contributed by atoms with E-state index in [1.807, 2.05) is 23.7 Å². The number of hydrogen-bond acceptors (Lipinski definition) is 6. The summed E-state index contributed by atoms with van der Waals surface area (Å²) in [5.74, 6) is 1.98. The monoisotopic (exact) mass is 417 g/mol. The van der Waals surface area contributed by atoms with Gasteiger partial charge in [0.15, 0.2) is 15.0 Å². The lowest BCUT2D eigenvalue weighted by Crippen LogP contribution is -2.09. The van der Waals surface area contributed by atoms with Crippen LogP contribution >= 0.6 is 11.8 Å². The second kappa shape index (κ2) is 7.40. The number of ether oxygens (including phenoxy) is 1. The molecule has 2 heterocycles. The molecule has 8 heteroatoms. The van der Waals surface area contributed by atoms with Crippen molar-refractivity contribution < 1.29 is 13.2 Å². The smallest absolute Gasteiger partial charge is 0.191 e. The maximum atomic E-state index is 11.8. The zero-order valence-electron chi connectivity index (χ0n) is 16.1. The van der Waals surface area contributed by atoms with Crippen LogP contribution in [-0.4, -0.2) is 41.8 Å². The van der Waals surface area contributed by atoms with E-state index in [4.69, 9.17) is 4.74 Å². The summed E-state index contributed by atoms with van der Waals surface area (Å²) in [5, 5.41) is 11.9. The summed E-state index contributed by atoms with van der Waals surface area (Å²) in [6.07, 6.45) is 0.628.